The fraction of sp³-hybridized carbons (Fsp3) is 0.125. The summed E-state index contributed by atoms with van der Waals surface area (Å²) in [5.74, 6) is -2.07. The minimum atomic E-state index is -1.17. The number of fused-ring (bicyclic) bond motifs is 1. The van der Waals surface area contributed by atoms with Crippen LogP contribution in [0.3, 0.4) is 0 Å². The summed E-state index contributed by atoms with van der Waals surface area (Å²) in [7, 11) is 0. The quantitative estimate of drug-likeness (QED) is 0.199. The third kappa shape index (κ3) is 3.23. The Kier molecular flexibility index (Phi) is 5.26. The standard InChI is InChI=1S/C24H15BrClN3O5/c1-12-8-9-15(11-17(12)26)27-20(13-4-2-5-14(25)10-13)21(24(27)32)28-22(30)16-6-3-7-18(29(33)34)19(16)23(28)31/h2-11,20-21H,1H3/t20-,21+/m0/s1. The first kappa shape index (κ1) is 22.2. The van der Waals surface area contributed by atoms with Crippen LogP contribution in [0.2, 0.25) is 5.02 Å². The maximum Gasteiger partial charge on any atom is 0.282 e. The third-order valence-corrected chi connectivity index (χ3v) is 6.99. The van der Waals surface area contributed by atoms with Gasteiger partial charge in [-0.2, -0.15) is 0 Å². The van der Waals surface area contributed by atoms with E-state index in [4.69, 9.17) is 11.6 Å². The SMILES string of the molecule is Cc1ccc(N2C(=O)[C@H](N3C(=O)c4cccc([N+](=O)[O-])c4C3=O)[C@@H]2c2cccc(Br)c2)cc1Cl. The van der Waals surface area contributed by atoms with E-state index in [2.05, 4.69) is 15.9 Å². The summed E-state index contributed by atoms with van der Waals surface area (Å²) in [6.45, 7) is 1.84. The van der Waals surface area contributed by atoms with E-state index in [0.717, 1.165) is 14.9 Å². The number of carbonyl (C=O) groups excluding carboxylic acids is 3. The Labute approximate surface area is 207 Å². The molecular weight excluding hydrogens is 526 g/mol. The molecule has 0 bridgehead atoms. The molecule has 170 valence electrons. The number of β-lactam (4-membered cyclic amide) rings is 1. The van der Waals surface area contributed by atoms with E-state index in [0.29, 0.717) is 16.3 Å². The number of anilines is 1. The predicted octanol–water partition coefficient (Wildman–Crippen LogP) is 5.07. The summed E-state index contributed by atoms with van der Waals surface area (Å²) >= 11 is 9.72. The number of halogens is 2. The maximum atomic E-state index is 13.5. The second kappa shape index (κ2) is 8.03. The lowest BCUT2D eigenvalue weighted by atomic mass is 9.86. The molecule has 2 aliphatic rings. The van der Waals surface area contributed by atoms with Gasteiger partial charge < -0.3 is 4.90 Å². The highest BCUT2D eigenvalue weighted by molar-refractivity contribution is 9.10. The molecule has 2 atom stereocenters. The average Bonchev–Trinajstić information content (AvgIpc) is 3.05. The Bertz CT molecular complexity index is 1430. The number of hydrogen-bond donors (Lipinski definition) is 0. The van der Waals surface area contributed by atoms with Crippen molar-refractivity contribution in [3.05, 3.63) is 103 Å². The minimum absolute atomic E-state index is 0.0863. The van der Waals surface area contributed by atoms with E-state index in [9.17, 15) is 24.5 Å². The molecule has 0 aromatic heterocycles. The Balaban J connectivity index is 1.62. The topological polar surface area (TPSA) is 101 Å². The summed E-state index contributed by atoms with van der Waals surface area (Å²) in [4.78, 5) is 53.1. The number of aryl methyl sites for hydroxylation is 1. The molecule has 2 aliphatic heterocycles. The Morgan fingerprint density at radius 3 is 2.35 bits per heavy atom. The first-order valence-corrected chi connectivity index (χ1v) is 11.4. The number of amides is 3. The molecule has 8 nitrogen and oxygen atoms in total. The van der Waals surface area contributed by atoms with Crippen LogP contribution in [0.1, 0.15) is 37.9 Å². The van der Waals surface area contributed by atoms with Gasteiger partial charge in [0.15, 0.2) is 0 Å². The number of nitrogens with zero attached hydrogens (tertiary/aromatic N) is 3. The molecular formula is C24H15BrClN3O5. The highest BCUT2D eigenvalue weighted by Crippen LogP contribution is 2.46. The van der Waals surface area contributed by atoms with Gasteiger partial charge in [-0.25, -0.2) is 0 Å². The van der Waals surface area contributed by atoms with E-state index in [-0.39, 0.29) is 11.1 Å². The smallest absolute Gasteiger partial charge is 0.282 e. The number of benzene rings is 3. The number of hydrogen-bond acceptors (Lipinski definition) is 5. The second-order valence-corrected chi connectivity index (χ2v) is 9.35. The molecule has 3 amide bonds. The van der Waals surface area contributed by atoms with Crippen molar-refractivity contribution in [1.29, 1.82) is 0 Å². The Hall–Kier alpha value is -3.56. The lowest BCUT2D eigenvalue weighted by molar-refractivity contribution is -0.385. The van der Waals surface area contributed by atoms with E-state index in [1.54, 1.807) is 36.4 Å². The van der Waals surface area contributed by atoms with Gasteiger partial charge in [-0.3, -0.25) is 29.4 Å². The molecule has 0 unspecified atom stereocenters. The van der Waals surface area contributed by atoms with Crippen LogP contribution in [-0.4, -0.2) is 33.6 Å². The van der Waals surface area contributed by atoms with Crippen molar-refractivity contribution in [2.75, 3.05) is 4.90 Å². The zero-order valence-electron chi connectivity index (χ0n) is 17.6. The van der Waals surface area contributed by atoms with Crippen molar-refractivity contribution in [1.82, 2.24) is 4.90 Å². The Morgan fingerprint density at radius 1 is 0.941 bits per heavy atom. The molecule has 3 aromatic carbocycles. The van der Waals surface area contributed by atoms with Gasteiger partial charge in [-0.05, 0) is 48.4 Å². The van der Waals surface area contributed by atoms with Gasteiger partial charge in [0.1, 0.15) is 11.6 Å². The molecule has 1 fully saturated rings. The summed E-state index contributed by atoms with van der Waals surface area (Å²) in [5, 5.41) is 12.0. The van der Waals surface area contributed by atoms with E-state index in [1.807, 2.05) is 13.0 Å². The van der Waals surface area contributed by atoms with Crippen molar-refractivity contribution in [3.8, 4) is 0 Å². The molecule has 3 aromatic rings. The molecule has 10 heteroatoms. The van der Waals surface area contributed by atoms with E-state index in [1.165, 1.54) is 23.1 Å². The average molecular weight is 541 g/mol. The van der Waals surface area contributed by atoms with E-state index < -0.39 is 40.4 Å². The fourth-order valence-electron chi connectivity index (χ4n) is 4.46. The molecule has 0 saturated carbocycles. The Morgan fingerprint density at radius 2 is 1.68 bits per heavy atom. The van der Waals surface area contributed by atoms with Gasteiger partial charge in [-0.15, -0.1) is 0 Å². The van der Waals surface area contributed by atoms with Gasteiger partial charge in [0.05, 0.1) is 16.5 Å². The molecule has 0 radical (unpaired) electrons. The number of nitro benzene ring substituents is 1. The van der Waals surface area contributed by atoms with Crippen molar-refractivity contribution in [3.63, 3.8) is 0 Å². The predicted molar refractivity (Wildman–Crippen MR) is 128 cm³/mol. The maximum absolute atomic E-state index is 13.5. The first-order valence-electron chi connectivity index (χ1n) is 10.2. The van der Waals surface area contributed by atoms with Crippen LogP contribution in [0.4, 0.5) is 11.4 Å². The molecule has 5 rings (SSSR count). The van der Waals surface area contributed by atoms with Crippen LogP contribution in [-0.2, 0) is 4.79 Å². The largest absolute Gasteiger partial charge is 0.300 e. The van der Waals surface area contributed by atoms with Gasteiger partial charge in [0.2, 0.25) is 0 Å². The monoisotopic (exact) mass is 539 g/mol. The first-order chi connectivity index (χ1) is 16.2. The van der Waals surface area contributed by atoms with Gasteiger partial charge in [-0.1, -0.05) is 51.8 Å². The van der Waals surface area contributed by atoms with Gasteiger partial charge >= 0.3 is 0 Å². The highest BCUT2D eigenvalue weighted by Gasteiger charge is 2.58. The van der Waals surface area contributed by atoms with E-state index >= 15 is 0 Å². The zero-order chi connectivity index (χ0) is 24.3. The van der Waals surface area contributed by atoms with Gasteiger partial charge in [0.25, 0.3) is 23.4 Å². The van der Waals surface area contributed by atoms with Crippen LogP contribution in [0.15, 0.2) is 65.1 Å². The van der Waals surface area contributed by atoms with Crippen molar-refractivity contribution in [2.45, 2.75) is 19.0 Å². The third-order valence-electron chi connectivity index (χ3n) is 6.09. The lowest BCUT2D eigenvalue weighted by Crippen LogP contribution is -2.67. The summed E-state index contributed by atoms with van der Waals surface area (Å²) in [6, 6.07) is 14.4. The second-order valence-electron chi connectivity index (χ2n) is 8.02. The van der Waals surface area contributed by atoms with Crippen molar-refractivity contribution < 1.29 is 19.3 Å². The number of rotatable bonds is 4. The molecule has 0 N–H and O–H groups in total. The van der Waals surface area contributed by atoms with Crippen LogP contribution < -0.4 is 4.90 Å². The summed E-state index contributed by atoms with van der Waals surface area (Å²) < 4.78 is 0.753. The lowest BCUT2D eigenvalue weighted by Gasteiger charge is -2.49. The normalized spacial score (nSPS) is 19.3. The van der Waals surface area contributed by atoms with Crippen LogP contribution in [0.5, 0.6) is 0 Å². The van der Waals surface area contributed by atoms with Crippen molar-refractivity contribution >= 4 is 56.6 Å². The van der Waals surface area contributed by atoms with Crippen molar-refractivity contribution in [2.24, 2.45) is 0 Å². The minimum Gasteiger partial charge on any atom is -0.300 e. The highest BCUT2D eigenvalue weighted by atomic mass is 79.9. The summed E-state index contributed by atoms with van der Waals surface area (Å²) in [5.41, 5.74) is 1.19. The number of imide groups is 1. The summed E-state index contributed by atoms with van der Waals surface area (Å²) in [6.07, 6.45) is 0. The van der Waals surface area contributed by atoms with Gasteiger partial charge in [0, 0.05) is 21.2 Å². The molecule has 0 aliphatic carbocycles. The number of carbonyl (C=O) groups is 3. The molecule has 34 heavy (non-hydrogen) atoms. The number of nitro groups is 1. The fourth-order valence-corrected chi connectivity index (χ4v) is 5.05. The molecule has 2 heterocycles. The van der Waals surface area contributed by atoms with Crippen LogP contribution >= 0.6 is 27.5 Å². The molecule has 0 spiro atoms. The van der Waals surface area contributed by atoms with Crippen LogP contribution in [0.25, 0.3) is 0 Å². The van der Waals surface area contributed by atoms with Crippen LogP contribution in [0, 0.1) is 17.0 Å². The zero-order valence-corrected chi connectivity index (χ0v) is 19.9. The molecule has 1 saturated heterocycles.